The van der Waals surface area contributed by atoms with Gasteiger partial charge in [-0.05, 0) is 55.7 Å². The molecule has 0 saturated heterocycles. The number of hydrogen-bond donors (Lipinski definition) is 1. The third kappa shape index (κ3) is 3.82. The Kier molecular flexibility index (Phi) is 4.61. The predicted octanol–water partition coefficient (Wildman–Crippen LogP) is 4.26. The first-order valence-corrected chi connectivity index (χ1v) is 7.39. The van der Waals surface area contributed by atoms with Gasteiger partial charge in [-0.15, -0.1) is 0 Å². The van der Waals surface area contributed by atoms with E-state index in [0.717, 1.165) is 17.1 Å². The van der Waals surface area contributed by atoms with Crippen LogP contribution in [0.15, 0.2) is 46.3 Å². The highest BCUT2D eigenvalue weighted by atomic mass is 32.2. The zero-order valence-corrected chi connectivity index (χ0v) is 12.5. The maximum absolute atomic E-state index is 6.02. The Hall–Kier alpha value is -1.32. The molecule has 0 spiro atoms. The number of pyridine rings is 1. The minimum atomic E-state index is 0.137. The Labute approximate surface area is 119 Å². The zero-order valence-electron chi connectivity index (χ0n) is 11.7. The molecule has 0 fully saturated rings. The van der Waals surface area contributed by atoms with Gasteiger partial charge >= 0.3 is 0 Å². The zero-order chi connectivity index (χ0) is 13.8. The second-order valence-electron chi connectivity index (χ2n) is 4.81. The number of nitrogens with zero attached hydrogens (tertiary/aromatic N) is 1. The standard InChI is InChI=1S/C16H20N2S/c1-4-15(17)13-5-7-14(8-6-13)19-16-10-11(2)9-12(3)18-16/h5-10,15H,4,17H2,1-3H3/t15-/m0/s1. The van der Waals surface area contributed by atoms with Gasteiger partial charge in [-0.3, -0.25) is 0 Å². The average molecular weight is 272 g/mol. The summed E-state index contributed by atoms with van der Waals surface area (Å²) in [4.78, 5) is 5.74. The summed E-state index contributed by atoms with van der Waals surface area (Å²) < 4.78 is 0. The van der Waals surface area contributed by atoms with Crippen molar-refractivity contribution in [3.05, 3.63) is 53.2 Å². The highest BCUT2D eigenvalue weighted by Crippen LogP contribution is 2.28. The van der Waals surface area contributed by atoms with E-state index in [4.69, 9.17) is 5.73 Å². The molecule has 2 nitrogen and oxygen atoms in total. The van der Waals surface area contributed by atoms with Crippen LogP contribution < -0.4 is 5.73 Å². The highest BCUT2D eigenvalue weighted by molar-refractivity contribution is 7.99. The van der Waals surface area contributed by atoms with Crippen molar-refractivity contribution >= 4 is 11.8 Å². The number of aromatic nitrogens is 1. The normalized spacial score (nSPS) is 12.4. The van der Waals surface area contributed by atoms with Crippen molar-refractivity contribution in [3.8, 4) is 0 Å². The van der Waals surface area contributed by atoms with Crippen LogP contribution in [0, 0.1) is 13.8 Å². The second-order valence-corrected chi connectivity index (χ2v) is 5.90. The molecular weight excluding hydrogens is 252 g/mol. The molecule has 2 rings (SSSR count). The van der Waals surface area contributed by atoms with Crippen LogP contribution in [0.3, 0.4) is 0 Å². The number of nitrogens with two attached hydrogens (primary N) is 1. The fourth-order valence-corrected chi connectivity index (χ4v) is 2.94. The van der Waals surface area contributed by atoms with E-state index in [1.165, 1.54) is 16.0 Å². The monoisotopic (exact) mass is 272 g/mol. The van der Waals surface area contributed by atoms with E-state index in [0.29, 0.717) is 0 Å². The molecule has 0 saturated carbocycles. The number of rotatable bonds is 4. The van der Waals surface area contributed by atoms with Crippen LogP contribution in [0.1, 0.15) is 36.2 Å². The molecule has 1 aromatic heterocycles. The molecule has 1 aromatic carbocycles. The Morgan fingerprint density at radius 3 is 2.42 bits per heavy atom. The van der Waals surface area contributed by atoms with E-state index >= 15 is 0 Å². The van der Waals surface area contributed by atoms with Gasteiger partial charge in [0.1, 0.15) is 5.03 Å². The topological polar surface area (TPSA) is 38.9 Å². The van der Waals surface area contributed by atoms with Crippen LogP contribution in [0.4, 0.5) is 0 Å². The summed E-state index contributed by atoms with van der Waals surface area (Å²) in [5.74, 6) is 0. The molecule has 0 aliphatic carbocycles. The van der Waals surface area contributed by atoms with Gasteiger partial charge in [-0.1, -0.05) is 30.8 Å². The number of hydrogen-bond acceptors (Lipinski definition) is 3. The first-order valence-electron chi connectivity index (χ1n) is 6.57. The van der Waals surface area contributed by atoms with Gasteiger partial charge in [-0.2, -0.15) is 0 Å². The van der Waals surface area contributed by atoms with Crippen LogP contribution in [0.5, 0.6) is 0 Å². The minimum Gasteiger partial charge on any atom is -0.324 e. The fourth-order valence-electron chi connectivity index (χ4n) is 2.00. The van der Waals surface area contributed by atoms with E-state index in [1.807, 2.05) is 6.92 Å². The van der Waals surface area contributed by atoms with Crippen LogP contribution in [0.25, 0.3) is 0 Å². The molecular formula is C16H20N2S. The molecule has 0 amide bonds. The summed E-state index contributed by atoms with van der Waals surface area (Å²) in [6.45, 7) is 6.23. The van der Waals surface area contributed by atoms with Crippen molar-refractivity contribution in [3.63, 3.8) is 0 Å². The first kappa shape index (κ1) is 14.1. The quantitative estimate of drug-likeness (QED) is 0.904. The van der Waals surface area contributed by atoms with Crippen molar-refractivity contribution < 1.29 is 0 Å². The lowest BCUT2D eigenvalue weighted by Gasteiger charge is -2.10. The van der Waals surface area contributed by atoms with Gasteiger partial charge in [0.2, 0.25) is 0 Å². The largest absolute Gasteiger partial charge is 0.324 e. The maximum Gasteiger partial charge on any atom is 0.101 e. The lowest BCUT2D eigenvalue weighted by Crippen LogP contribution is -2.07. The van der Waals surface area contributed by atoms with Gasteiger partial charge in [0.25, 0.3) is 0 Å². The van der Waals surface area contributed by atoms with Crippen LogP contribution in [-0.2, 0) is 0 Å². The van der Waals surface area contributed by atoms with Gasteiger partial charge in [0.05, 0.1) is 0 Å². The van der Waals surface area contributed by atoms with Crippen molar-refractivity contribution in [2.45, 2.75) is 43.2 Å². The predicted molar refractivity (Wildman–Crippen MR) is 81.5 cm³/mol. The molecule has 3 heteroatoms. The molecule has 1 atom stereocenters. The molecule has 0 aliphatic rings. The van der Waals surface area contributed by atoms with Crippen molar-refractivity contribution in [1.82, 2.24) is 4.98 Å². The average Bonchev–Trinajstić information content (AvgIpc) is 2.37. The Balaban J connectivity index is 2.15. The van der Waals surface area contributed by atoms with E-state index < -0.39 is 0 Å². The molecule has 2 aromatic rings. The van der Waals surface area contributed by atoms with Crippen LogP contribution >= 0.6 is 11.8 Å². The lowest BCUT2D eigenvalue weighted by molar-refractivity contribution is 0.698. The summed E-state index contributed by atoms with van der Waals surface area (Å²) in [7, 11) is 0. The summed E-state index contributed by atoms with van der Waals surface area (Å²) in [6.07, 6.45) is 0.963. The minimum absolute atomic E-state index is 0.137. The molecule has 2 N–H and O–H groups in total. The molecule has 1 heterocycles. The van der Waals surface area contributed by atoms with E-state index in [2.05, 4.69) is 55.2 Å². The van der Waals surface area contributed by atoms with E-state index in [9.17, 15) is 0 Å². The highest BCUT2D eigenvalue weighted by Gasteiger charge is 2.04. The van der Waals surface area contributed by atoms with Gasteiger partial charge in [0.15, 0.2) is 0 Å². The molecule has 0 bridgehead atoms. The van der Waals surface area contributed by atoms with E-state index in [-0.39, 0.29) is 6.04 Å². The van der Waals surface area contributed by atoms with E-state index in [1.54, 1.807) is 11.8 Å². The molecule has 0 unspecified atom stereocenters. The lowest BCUT2D eigenvalue weighted by atomic mass is 10.1. The van der Waals surface area contributed by atoms with Gasteiger partial charge in [-0.25, -0.2) is 4.98 Å². The Bertz CT molecular complexity index is 529. The maximum atomic E-state index is 6.02. The number of benzene rings is 1. The third-order valence-corrected chi connectivity index (χ3v) is 3.97. The second kappa shape index (κ2) is 6.22. The van der Waals surface area contributed by atoms with Crippen LogP contribution in [-0.4, -0.2) is 4.98 Å². The SMILES string of the molecule is CC[C@H](N)c1ccc(Sc2cc(C)cc(C)n2)cc1. The fraction of sp³-hybridized carbons (Fsp3) is 0.312. The van der Waals surface area contributed by atoms with Gasteiger partial charge < -0.3 is 5.73 Å². The summed E-state index contributed by atoms with van der Waals surface area (Å²) in [5, 5.41) is 1.05. The van der Waals surface area contributed by atoms with Crippen molar-refractivity contribution in [1.29, 1.82) is 0 Å². The number of aryl methyl sites for hydroxylation is 2. The third-order valence-electron chi connectivity index (χ3n) is 3.04. The summed E-state index contributed by atoms with van der Waals surface area (Å²) >= 11 is 1.69. The Morgan fingerprint density at radius 1 is 1.16 bits per heavy atom. The molecule has 0 aliphatic heterocycles. The first-order chi connectivity index (χ1) is 9.08. The van der Waals surface area contributed by atoms with Crippen molar-refractivity contribution in [2.24, 2.45) is 5.73 Å². The molecule has 100 valence electrons. The van der Waals surface area contributed by atoms with Crippen LogP contribution in [0.2, 0.25) is 0 Å². The summed E-state index contributed by atoms with van der Waals surface area (Å²) in [5.41, 5.74) is 9.52. The smallest absolute Gasteiger partial charge is 0.101 e. The summed E-state index contributed by atoms with van der Waals surface area (Å²) in [6, 6.07) is 12.8. The molecule has 0 radical (unpaired) electrons. The van der Waals surface area contributed by atoms with Gasteiger partial charge in [0, 0.05) is 16.6 Å². The Morgan fingerprint density at radius 2 is 1.84 bits per heavy atom. The van der Waals surface area contributed by atoms with Crippen molar-refractivity contribution in [2.75, 3.05) is 0 Å². The molecule has 19 heavy (non-hydrogen) atoms.